The van der Waals surface area contributed by atoms with Crippen LogP contribution in [0.3, 0.4) is 0 Å². The molecule has 1 fully saturated rings. The second-order valence-electron chi connectivity index (χ2n) is 8.19. The van der Waals surface area contributed by atoms with Gasteiger partial charge < -0.3 is 4.90 Å². The van der Waals surface area contributed by atoms with Gasteiger partial charge in [0.2, 0.25) is 0 Å². The summed E-state index contributed by atoms with van der Waals surface area (Å²) in [5, 5.41) is 11.2. The van der Waals surface area contributed by atoms with Gasteiger partial charge in [0.05, 0.1) is 22.4 Å². The lowest BCUT2D eigenvalue weighted by Crippen LogP contribution is -2.50. The van der Waals surface area contributed by atoms with Crippen LogP contribution >= 0.6 is 9.24 Å². The third kappa shape index (κ3) is 4.17. The first-order chi connectivity index (χ1) is 14.5. The Bertz CT molecular complexity index is 1070. The Kier molecular flexibility index (Phi) is 5.99. The van der Waals surface area contributed by atoms with E-state index in [1.807, 2.05) is 25.3 Å². The van der Waals surface area contributed by atoms with Crippen molar-refractivity contribution in [2.45, 2.75) is 25.7 Å². The highest BCUT2D eigenvalue weighted by Gasteiger charge is 2.31. The molecule has 0 spiro atoms. The second-order valence-corrected chi connectivity index (χ2v) is 8.74. The zero-order valence-electron chi connectivity index (χ0n) is 17.7. The molecule has 2 unspecified atom stereocenters. The van der Waals surface area contributed by atoms with Gasteiger partial charge in [-0.25, -0.2) is 9.97 Å². The molecule has 0 radical (unpaired) electrons. The highest BCUT2D eigenvalue weighted by Crippen LogP contribution is 2.28. The number of rotatable bonds is 5. The SMILES string of the molecule is CCc1cc2ccc(C(C)(C#N)CN3CCN(c4ccccn4)CC3)cc2nc1P. The fraction of sp³-hybridized carbons (Fsp3) is 0.375. The van der Waals surface area contributed by atoms with E-state index in [-0.39, 0.29) is 0 Å². The van der Waals surface area contributed by atoms with Crippen molar-refractivity contribution in [3.63, 3.8) is 0 Å². The summed E-state index contributed by atoms with van der Waals surface area (Å²) in [4.78, 5) is 13.9. The van der Waals surface area contributed by atoms with Gasteiger partial charge in [0.1, 0.15) is 5.82 Å². The Labute approximate surface area is 180 Å². The molecular weight excluding hydrogens is 389 g/mol. The Hall–Kier alpha value is -2.54. The molecule has 1 aliphatic rings. The Morgan fingerprint density at radius 2 is 1.93 bits per heavy atom. The molecule has 1 aromatic carbocycles. The second kappa shape index (κ2) is 8.68. The fourth-order valence-electron chi connectivity index (χ4n) is 4.17. The maximum absolute atomic E-state index is 10.1. The van der Waals surface area contributed by atoms with Crippen molar-refractivity contribution in [2.75, 3.05) is 37.6 Å². The first-order valence-corrected chi connectivity index (χ1v) is 11.1. The molecule has 1 aliphatic heterocycles. The van der Waals surface area contributed by atoms with Crippen LogP contribution in [0.1, 0.15) is 25.0 Å². The minimum atomic E-state index is -0.576. The molecule has 2 aromatic heterocycles. The van der Waals surface area contributed by atoms with Crippen molar-refractivity contribution >= 4 is 31.4 Å². The number of hydrogen-bond donors (Lipinski definition) is 0. The third-order valence-corrected chi connectivity index (χ3v) is 6.58. The molecule has 0 amide bonds. The van der Waals surface area contributed by atoms with Crippen molar-refractivity contribution < 1.29 is 0 Å². The molecule has 3 heterocycles. The smallest absolute Gasteiger partial charge is 0.128 e. The van der Waals surface area contributed by atoms with E-state index in [9.17, 15) is 5.26 Å². The largest absolute Gasteiger partial charge is 0.354 e. The number of benzene rings is 1. The Morgan fingerprint density at radius 3 is 2.60 bits per heavy atom. The van der Waals surface area contributed by atoms with Crippen LogP contribution in [-0.4, -0.2) is 47.6 Å². The third-order valence-electron chi connectivity index (χ3n) is 6.08. The summed E-state index contributed by atoms with van der Waals surface area (Å²) >= 11 is 0. The molecule has 0 aliphatic carbocycles. The number of fused-ring (bicyclic) bond motifs is 1. The lowest BCUT2D eigenvalue weighted by atomic mass is 9.82. The lowest BCUT2D eigenvalue weighted by molar-refractivity contribution is 0.226. The van der Waals surface area contributed by atoms with Gasteiger partial charge in [0, 0.05) is 44.3 Å². The van der Waals surface area contributed by atoms with Crippen LogP contribution in [0.5, 0.6) is 0 Å². The predicted molar refractivity (Wildman–Crippen MR) is 126 cm³/mol. The van der Waals surface area contributed by atoms with Gasteiger partial charge >= 0.3 is 0 Å². The van der Waals surface area contributed by atoms with Crippen LogP contribution < -0.4 is 10.3 Å². The molecular formula is C24H28N5P. The summed E-state index contributed by atoms with van der Waals surface area (Å²) in [6, 6.07) is 17.1. The standard InChI is InChI=1S/C24H28N5P/c1-3-18-14-19-7-8-20(15-21(19)27-23(18)30)24(2,16-25)17-28-10-12-29(13-11-28)22-6-4-5-9-26-22/h4-9,14-15H,3,10-13,17,30H2,1-2H3. The number of anilines is 1. The average molecular weight is 417 g/mol. The zero-order chi connectivity index (χ0) is 21.1. The summed E-state index contributed by atoms with van der Waals surface area (Å²) in [5.41, 5.74) is 3.65. The first kappa shape index (κ1) is 20.7. The lowest BCUT2D eigenvalue weighted by Gasteiger charge is -2.38. The van der Waals surface area contributed by atoms with Gasteiger partial charge in [-0.05, 0) is 48.7 Å². The van der Waals surface area contributed by atoms with Gasteiger partial charge in [0.25, 0.3) is 0 Å². The topological polar surface area (TPSA) is 56.1 Å². The van der Waals surface area contributed by atoms with Crippen molar-refractivity contribution in [1.29, 1.82) is 5.26 Å². The number of aromatic nitrogens is 2. The molecule has 6 heteroatoms. The van der Waals surface area contributed by atoms with Crippen LogP contribution in [-0.2, 0) is 11.8 Å². The molecule has 0 saturated carbocycles. The van der Waals surface area contributed by atoms with Crippen LogP contribution in [0.25, 0.3) is 10.9 Å². The maximum atomic E-state index is 10.1. The van der Waals surface area contributed by atoms with Gasteiger partial charge in [-0.3, -0.25) is 4.90 Å². The highest BCUT2D eigenvalue weighted by molar-refractivity contribution is 7.27. The molecule has 0 N–H and O–H groups in total. The van der Waals surface area contributed by atoms with E-state index < -0.39 is 5.41 Å². The molecule has 30 heavy (non-hydrogen) atoms. The fourth-order valence-corrected chi connectivity index (χ4v) is 4.59. The number of pyridine rings is 2. The molecule has 0 bridgehead atoms. The number of nitrogens with zero attached hydrogens (tertiary/aromatic N) is 5. The van der Waals surface area contributed by atoms with Crippen molar-refractivity contribution in [2.24, 2.45) is 0 Å². The van der Waals surface area contributed by atoms with E-state index in [1.54, 1.807) is 0 Å². The number of aryl methyl sites for hydroxylation is 1. The van der Waals surface area contributed by atoms with Crippen LogP contribution in [0.15, 0.2) is 48.7 Å². The quantitative estimate of drug-likeness (QED) is 0.597. The predicted octanol–water partition coefficient (Wildman–Crippen LogP) is 3.30. The molecule has 154 valence electrons. The summed E-state index contributed by atoms with van der Waals surface area (Å²) in [6.45, 7) is 8.60. The normalized spacial score (nSPS) is 16.9. The van der Waals surface area contributed by atoms with Gasteiger partial charge in [-0.1, -0.05) is 34.4 Å². The Morgan fingerprint density at radius 1 is 1.13 bits per heavy atom. The van der Waals surface area contributed by atoms with E-state index in [0.29, 0.717) is 6.54 Å². The summed E-state index contributed by atoms with van der Waals surface area (Å²) < 4.78 is 0. The highest BCUT2D eigenvalue weighted by atomic mass is 31.0. The molecule has 3 aromatic rings. The molecule has 4 rings (SSSR count). The van der Waals surface area contributed by atoms with Gasteiger partial charge in [-0.2, -0.15) is 5.26 Å². The van der Waals surface area contributed by atoms with E-state index in [0.717, 1.165) is 60.3 Å². The average Bonchev–Trinajstić information content (AvgIpc) is 2.79. The summed E-state index contributed by atoms with van der Waals surface area (Å²) in [5.74, 6) is 1.03. The van der Waals surface area contributed by atoms with Crippen molar-refractivity contribution in [1.82, 2.24) is 14.9 Å². The minimum Gasteiger partial charge on any atom is -0.354 e. The van der Waals surface area contributed by atoms with Crippen molar-refractivity contribution in [3.05, 3.63) is 59.8 Å². The summed E-state index contributed by atoms with van der Waals surface area (Å²) in [7, 11) is 2.74. The molecule has 1 saturated heterocycles. The maximum Gasteiger partial charge on any atom is 0.128 e. The first-order valence-electron chi connectivity index (χ1n) is 10.5. The van der Waals surface area contributed by atoms with Crippen LogP contribution in [0.4, 0.5) is 5.82 Å². The number of hydrogen-bond acceptors (Lipinski definition) is 5. The monoisotopic (exact) mass is 417 g/mol. The van der Waals surface area contributed by atoms with Gasteiger partial charge in [-0.15, -0.1) is 0 Å². The van der Waals surface area contributed by atoms with Gasteiger partial charge in [0.15, 0.2) is 0 Å². The van der Waals surface area contributed by atoms with E-state index in [4.69, 9.17) is 4.98 Å². The Balaban J connectivity index is 1.51. The van der Waals surface area contributed by atoms with Crippen LogP contribution in [0, 0.1) is 11.3 Å². The van der Waals surface area contributed by atoms with E-state index in [2.05, 4.69) is 67.3 Å². The molecule has 2 atom stereocenters. The zero-order valence-corrected chi connectivity index (χ0v) is 18.8. The summed E-state index contributed by atoms with van der Waals surface area (Å²) in [6.07, 6.45) is 2.80. The number of nitriles is 1. The van der Waals surface area contributed by atoms with E-state index in [1.165, 1.54) is 5.56 Å². The number of piperazine rings is 1. The minimum absolute atomic E-state index is 0.576. The molecule has 5 nitrogen and oxygen atoms in total. The van der Waals surface area contributed by atoms with Crippen molar-refractivity contribution in [3.8, 4) is 6.07 Å². The van der Waals surface area contributed by atoms with Crippen LogP contribution in [0.2, 0.25) is 0 Å². The van der Waals surface area contributed by atoms with E-state index >= 15 is 0 Å².